The van der Waals surface area contributed by atoms with Gasteiger partial charge in [0.1, 0.15) is 0 Å². The van der Waals surface area contributed by atoms with E-state index in [9.17, 15) is 0 Å². The zero-order valence-electron chi connectivity index (χ0n) is 11.4. The summed E-state index contributed by atoms with van der Waals surface area (Å²) in [5, 5.41) is 8.49. The van der Waals surface area contributed by atoms with Gasteiger partial charge in [-0.3, -0.25) is 14.3 Å². The molecule has 19 heavy (non-hydrogen) atoms. The molecule has 0 aromatic carbocycles. The van der Waals surface area contributed by atoms with E-state index in [0.29, 0.717) is 0 Å². The molecule has 0 atom stereocenters. The highest BCUT2D eigenvalue weighted by molar-refractivity contribution is 7.98. The topological polar surface area (TPSA) is 38.9 Å². The number of hydrogen-bond acceptors (Lipinski definition) is 4. The molecular formula is C13H21N5S. The molecule has 0 spiro atoms. The van der Waals surface area contributed by atoms with E-state index in [-0.39, 0.29) is 0 Å². The van der Waals surface area contributed by atoms with Gasteiger partial charge in [-0.25, -0.2) is 0 Å². The number of hydrogen-bond donors (Lipinski definition) is 0. The highest BCUT2D eigenvalue weighted by Gasteiger charge is 2.05. The lowest BCUT2D eigenvalue weighted by Gasteiger charge is -2.21. The molecule has 2 aromatic rings. The zero-order valence-corrected chi connectivity index (χ0v) is 12.2. The van der Waals surface area contributed by atoms with Crippen LogP contribution in [0.4, 0.5) is 0 Å². The third kappa shape index (κ3) is 5.08. The van der Waals surface area contributed by atoms with Gasteiger partial charge < -0.3 is 0 Å². The molecule has 0 aliphatic heterocycles. The van der Waals surface area contributed by atoms with E-state index in [1.54, 1.807) is 0 Å². The lowest BCUT2D eigenvalue weighted by atomic mass is 10.4. The molecule has 0 saturated carbocycles. The molecule has 6 heteroatoms. The Morgan fingerprint density at radius 2 is 1.53 bits per heavy atom. The fourth-order valence-corrected chi connectivity index (χ4v) is 2.35. The van der Waals surface area contributed by atoms with Crippen molar-refractivity contribution < 1.29 is 0 Å². The third-order valence-electron chi connectivity index (χ3n) is 3.02. The summed E-state index contributed by atoms with van der Waals surface area (Å²) in [5.74, 6) is 1.16. The maximum Gasteiger partial charge on any atom is 0.0536 e. The summed E-state index contributed by atoms with van der Waals surface area (Å²) >= 11 is 1.89. The molecule has 0 unspecified atom stereocenters. The van der Waals surface area contributed by atoms with Gasteiger partial charge in [-0.1, -0.05) is 0 Å². The van der Waals surface area contributed by atoms with Crippen molar-refractivity contribution in [3.8, 4) is 0 Å². The summed E-state index contributed by atoms with van der Waals surface area (Å²) in [6, 6.07) is 3.94. The number of thioether (sulfide) groups is 1. The fourth-order valence-electron chi connectivity index (χ4n) is 1.91. The first-order valence-electron chi connectivity index (χ1n) is 6.54. The minimum atomic E-state index is 0.945. The highest BCUT2D eigenvalue weighted by atomic mass is 32.2. The quantitative estimate of drug-likeness (QED) is 0.696. The lowest BCUT2D eigenvalue weighted by molar-refractivity contribution is 0.259. The van der Waals surface area contributed by atoms with Crippen LogP contribution < -0.4 is 0 Å². The first kappa shape index (κ1) is 14.1. The standard InChI is InChI=1S/C13H21N5S/c1-19-13-12-16(8-10-17-6-2-4-14-17)9-11-18-7-3-5-15-18/h2-7H,8-13H2,1H3. The van der Waals surface area contributed by atoms with Crippen molar-refractivity contribution in [2.24, 2.45) is 0 Å². The Morgan fingerprint density at radius 1 is 0.947 bits per heavy atom. The van der Waals surface area contributed by atoms with E-state index in [2.05, 4.69) is 21.4 Å². The van der Waals surface area contributed by atoms with Gasteiger partial charge >= 0.3 is 0 Å². The second-order valence-electron chi connectivity index (χ2n) is 4.37. The summed E-state index contributed by atoms with van der Waals surface area (Å²) in [4.78, 5) is 2.47. The average molecular weight is 279 g/mol. The molecular weight excluding hydrogens is 258 g/mol. The lowest BCUT2D eigenvalue weighted by Crippen LogP contribution is -2.33. The molecule has 0 saturated heterocycles. The van der Waals surface area contributed by atoms with Gasteiger partial charge in [-0.05, 0) is 18.4 Å². The Bertz CT molecular complexity index is 388. The van der Waals surface area contributed by atoms with Crippen LogP contribution in [0.2, 0.25) is 0 Å². The van der Waals surface area contributed by atoms with Gasteiger partial charge in [0, 0.05) is 50.2 Å². The van der Waals surface area contributed by atoms with Crippen molar-refractivity contribution in [3.63, 3.8) is 0 Å². The summed E-state index contributed by atoms with van der Waals surface area (Å²) in [6.07, 6.45) is 9.84. The minimum Gasteiger partial charge on any atom is -0.299 e. The fraction of sp³-hybridized carbons (Fsp3) is 0.538. The molecule has 2 rings (SSSR count). The van der Waals surface area contributed by atoms with Gasteiger partial charge in [0.25, 0.3) is 0 Å². The van der Waals surface area contributed by atoms with E-state index < -0.39 is 0 Å². The molecule has 0 aliphatic carbocycles. The van der Waals surface area contributed by atoms with Crippen LogP contribution in [0.15, 0.2) is 36.9 Å². The van der Waals surface area contributed by atoms with E-state index in [1.165, 1.54) is 0 Å². The molecule has 0 fully saturated rings. The van der Waals surface area contributed by atoms with Crippen LogP contribution in [0.1, 0.15) is 0 Å². The van der Waals surface area contributed by atoms with Gasteiger partial charge in [0.05, 0.1) is 13.1 Å². The van der Waals surface area contributed by atoms with Crippen molar-refractivity contribution in [1.82, 2.24) is 24.5 Å². The number of aromatic nitrogens is 4. The largest absolute Gasteiger partial charge is 0.299 e. The van der Waals surface area contributed by atoms with Crippen molar-refractivity contribution in [1.29, 1.82) is 0 Å². The Labute approximate surface area is 118 Å². The van der Waals surface area contributed by atoms with Crippen LogP contribution in [0.25, 0.3) is 0 Å². The van der Waals surface area contributed by atoms with Gasteiger partial charge in [-0.2, -0.15) is 22.0 Å². The number of nitrogens with zero attached hydrogens (tertiary/aromatic N) is 5. The van der Waals surface area contributed by atoms with Crippen LogP contribution >= 0.6 is 11.8 Å². The molecule has 0 aliphatic rings. The van der Waals surface area contributed by atoms with Gasteiger partial charge in [0.15, 0.2) is 0 Å². The maximum absolute atomic E-state index is 4.25. The summed E-state index contributed by atoms with van der Waals surface area (Å²) in [7, 11) is 0. The van der Waals surface area contributed by atoms with E-state index in [1.807, 2.05) is 58.0 Å². The van der Waals surface area contributed by atoms with Crippen LogP contribution in [-0.4, -0.2) is 56.1 Å². The van der Waals surface area contributed by atoms with Crippen LogP contribution in [0.5, 0.6) is 0 Å². The SMILES string of the molecule is CSCCN(CCn1cccn1)CCn1cccn1. The molecule has 0 bridgehead atoms. The molecule has 0 amide bonds. The Morgan fingerprint density at radius 3 is 1.95 bits per heavy atom. The van der Waals surface area contributed by atoms with Crippen molar-refractivity contribution in [2.45, 2.75) is 13.1 Å². The third-order valence-corrected chi connectivity index (χ3v) is 3.61. The van der Waals surface area contributed by atoms with Crippen LogP contribution in [0, 0.1) is 0 Å². The molecule has 104 valence electrons. The second kappa shape index (κ2) is 8.01. The minimum absolute atomic E-state index is 0.945. The predicted octanol–water partition coefficient (Wildman–Crippen LogP) is 1.44. The number of rotatable bonds is 9. The second-order valence-corrected chi connectivity index (χ2v) is 5.36. The Balaban J connectivity index is 1.77. The summed E-state index contributed by atoms with van der Waals surface area (Å²) in [6.45, 7) is 5.07. The first-order valence-corrected chi connectivity index (χ1v) is 7.94. The van der Waals surface area contributed by atoms with Gasteiger partial charge in [0.2, 0.25) is 0 Å². The summed E-state index contributed by atoms with van der Waals surface area (Å²) < 4.78 is 3.97. The molecule has 2 heterocycles. The van der Waals surface area contributed by atoms with Crippen molar-refractivity contribution in [2.75, 3.05) is 31.6 Å². The van der Waals surface area contributed by atoms with Crippen LogP contribution in [0.3, 0.4) is 0 Å². The molecule has 2 aromatic heterocycles. The Kier molecular flexibility index (Phi) is 5.97. The Hall–Kier alpha value is -1.27. The predicted molar refractivity (Wildman–Crippen MR) is 79.3 cm³/mol. The normalized spacial score (nSPS) is 11.3. The van der Waals surface area contributed by atoms with E-state index >= 15 is 0 Å². The smallest absolute Gasteiger partial charge is 0.0536 e. The highest BCUT2D eigenvalue weighted by Crippen LogP contribution is 1.98. The summed E-state index contributed by atoms with van der Waals surface area (Å²) in [5.41, 5.74) is 0. The van der Waals surface area contributed by atoms with Crippen molar-refractivity contribution >= 4 is 11.8 Å². The molecule has 5 nitrogen and oxygen atoms in total. The monoisotopic (exact) mass is 279 g/mol. The first-order chi connectivity index (χ1) is 9.38. The van der Waals surface area contributed by atoms with Crippen LogP contribution in [-0.2, 0) is 13.1 Å². The van der Waals surface area contributed by atoms with E-state index in [0.717, 1.165) is 38.5 Å². The maximum atomic E-state index is 4.25. The van der Waals surface area contributed by atoms with Crippen molar-refractivity contribution in [3.05, 3.63) is 36.9 Å². The van der Waals surface area contributed by atoms with E-state index in [4.69, 9.17) is 0 Å². The molecule has 0 radical (unpaired) electrons. The zero-order chi connectivity index (χ0) is 13.3. The average Bonchev–Trinajstić information content (AvgIpc) is 3.11. The molecule has 0 N–H and O–H groups in total. The van der Waals surface area contributed by atoms with Gasteiger partial charge in [-0.15, -0.1) is 0 Å².